The summed E-state index contributed by atoms with van der Waals surface area (Å²) in [7, 11) is 3.26. The van der Waals surface area contributed by atoms with Crippen molar-refractivity contribution in [2.75, 3.05) is 14.2 Å². The molecule has 112 valence electrons. The van der Waals surface area contributed by atoms with E-state index >= 15 is 0 Å². The Morgan fingerprint density at radius 1 is 1.00 bits per heavy atom. The number of rotatable bonds is 6. The van der Waals surface area contributed by atoms with Crippen LogP contribution in [-0.4, -0.2) is 35.3 Å². The lowest BCUT2D eigenvalue weighted by atomic mass is 10.2. The van der Waals surface area contributed by atoms with Crippen molar-refractivity contribution in [2.24, 2.45) is 5.10 Å². The first-order chi connectivity index (χ1) is 10.2. The molecule has 0 N–H and O–H groups in total. The Bertz CT molecular complexity index is 567. The van der Waals surface area contributed by atoms with Crippen molar-refractivity contribution < 1.29 is 9.47 Å². The molecule has 0 amide bonds. The van der Waals surface area contributed by atoms with E-state index in [1.54, 1.807) is 25.1 Å². The Morgan fingerprint density at radius 3 is 2.00 bits per heavy atom. The Labute approximate surface area is 124 Å². The normalized spacial score (nSPS) is 14.5. The fourth-order valence-electron chi connectivity index (χ4n) is 1.80. The number of benzene rings is 1. The van der Waals surface area contributed by atoms with Crippen LogP contribution in [0, 0.1) is 0 Å². The van der Waals surface area contributed by atoms with E-state index in [-0.39, 0.29) is 12.2 Å². The van der Waals surface area contributed by atoms with Crippen molar-refractivity contribution in [2.45, 2.75) is 26.1 Å². The molecule has 2 atom stereocenters. The Kier molecular flexibility index (Phi) is 5.19. The van der Waals surface area contributed by atoms with E-state index in [0.29, 0.717) is 11.6 Å². The van der Waals surface area contributed by atoms with Crippen LogP contribution in [0.3, 0.4) is 0 Å². The molecule has 0 spiro atoms. The first kappa shape index (κ1) is 15.3. The highest BCUT2D eigenvalue weighted by atomic mass is 16.5. The van der Waals surface area contributed by atoms with Gasteiger partial charge in [-0.05, 0) is 19.4 Å². The lowest BCUT2D eigenvalue weighted by Gasteiger charge is -2.12. The van der Waals surface area contributed by atoms with Crippen molar-refractivity contribution >= 4 is 6.21 Å². The van der Waals surface area contributed by atoms with Crippen LogP contribution in [-0.2, 0) is 9.47 Å². The van der Waals surface area contributed by atoms with Crippen LogP contribution < -0.4 is 0 Å². The highest BCUT2D eigenvalue weighted by Crippen LogP contribution is 2.20. The molecule has 2 aromatic rings. The van der Waals surface area contributed by atoms with Gasteiger partial charge >= 0.3 is 0 Å². The lowest BCUT2D eigenvalue weighted by molar-refractivity contribution is 0.101. The van der Waals surface area contributed by atoms with Crippen LogP contribution in [0.5, 0.6) is 0 Å². The van der Waals surface area contributed by atoms with Crippen molar-refractivity contribution in [1.29, 1.82) is 0 Å². The summed E-state index contributed by atoms with van der Waals surface area (Å²) in [5.41, 5.74) is 0.998. The van der Waals surface area contributed by atoms with Crippen LogP contribution in [0.2, 0.25) is 0 Å². The third kappa shape index (κ3) is 3.53. The van der Waals surface area contributed by atoms with Crippen molar-refractivity contribution in [3.63, 3.8) is 0 Å². The maximum absolute atomic E-state index is 5.32. The van der Waals surface area contributed by atoms with Crippen LogP contribution in [0.25, 0.3) is 0 Å². The average Bonchev–Trinajstić information content (AvgIpc) is 2.96. The van der Waals surface area contributed by atoms with Gasteiger partial charge in [0.1, 0.15) is 12.2 Å². The molecule has 2 unspecified atom stereocenters. The monoisotopic (exact) mass is 288 g/mol. The van der Waals surface area contributed by atoms with E-state index < -0.39 is 0 Å². The van der Waals surface area contributed by atoms with E-state index in [9.17, 15) is 0 Å². The Balaban J connectivity index is 2.39. The SMILES string of the molecule is COC(C)c1nnc(C(C)OC)n1N=Cc1ccccc1. The molecule has 0 bridgehead atoms. The average molecular weight is 288 g/mol. The number of ether oxygens (including phenoxy) is 2. The molecule has 0 aliphatic rings. The quantitative estimate of drug-likeness (QED) is 0.766. The zero-order chi connectivity index (χ0) is 15.2. The van der Waals surface area contributed by atoms with Crippen LogP contribution in [0.1, 0.15) is 43.3 Å². The maximum atomic E-state index is 5.32. The zero-order valence-electron chi connectivity index (χ0n) is 12.7. The molecular formula is C15H20N4O2. The molecule has 1 aromatic carbocycles. The summed E-state index contributed by atoms with van der Waals surface area (Å²) in [5.74, 6) is 1.28. The predicted octanol–water partition coefficient (Wildman–Crippen LogP) is 2.58. The lowest BCUT2D eigenvalue weighted by Crippen LogP contribution is -2.10. The molecule has 2 rings (SSSR count). The minimum Gasteiger partial charge on any atom is -0.374 e. The number of methoxy groups -OCH3 is 2. The van der Waals surface area contributed by atoms with Gasteiger partial charge in [-0.1, -0.05) is 30.3 Å². The van der Waals surface area contributed by atoms with Crippen molar-refractivity contribution in [3.8, 4) is 0 Å². The van der Waals surface area contributed by atoms with Crippen molar-refractivity contribution in [1.82, 2.24) is 14.9 Å². The van der Waals surface area contributed by atoms with Crippen LogP contribution in [0.4, 0.5) is 0 Å². The third-order valence-corrected chi connectivity index (χ3v) is 3.25. The molecular weight excluding hydrogens is 268 g/mol. The van der Waals surface area contributed by atoms with Crippen LogP contribution in [0.15, 0.2) is 35.4 Å². The summed E-state index contributed by atoms with van der Waals surface area (Å²) in [6.07, 6.45) is 1.35. The first-order valence-corrected chi connectivity index (χ1v) is 6.77. The minimum absolute atomic E-state index is 0.205. The van der Waals surface area contributed by atoms with Gasteiger partial charge < -0.3 is 9.47 Å². The summed E-state index contributed by atoms with van der Waals surface area (Å²) < 4.78 is 12.3. The Morgan fingerprint density at radius 2 is 1.52 bits per heavy atom. The van der Waals surface area contributed by atoms with E-state index in [0.717, 1.165) is 5.56 Å². The number of hydrogen-bond acceptors (Lipinski definition) is 5. The van der Waals surface area contributed by atoms with Gasteiger partial charge in [-0.3, -0.25) is 0 Å². The number of nitrogens with zero attached hydrogens (tertiary/aromatic N) is 4. The standard InChI is InChI=1S/C15H20N4O2/c1-11(20-3)14-17-18-15(12(2)21-4)19(14)16-10-13-8-6-5-7-9-13/h5-12H,1-4H3. The summed E-state index contributed by atoms with van der Waals surface area (Å²) >= 11 is 0. The van der Waals surface area contributed by atoms with E-state index in [4.69, 9.17) is 9.47 Å². The fraction of sp³-hybridized carbons (Fsp3) is 0.400. The number of aromatic nitrogens is 3. The summed E-state index contributed by atoms with van der Waals surface area (Å²) in [5, 5.41) is 12.8. The Hall–Kier alpha value is -2.05. The molecule has 0 radical (unpaired) electrons. The zero-order valence-corrected chi connectivity index (χ0v) is 12.7. The van der Waals surface area contributed by atoms with Crippen LogP contribution >= 0.6 is 0 Å². The first-order valence-electron chi connectivity index (χ1n) is 6.77. The van der Waals surface area contributed by atoms with E-state index in [1.165, 1.54) is 0 Å². The highest BCUT2D eigenvalue weighted by molar-refractivity contribution is 5.79. The molecule has 0 aliphatic heterocycles. The minimum atomic E-state index is -0.205. The second kappa shape index (κ2) is 7.10. The second-order valence-electron chi connectivity index (χ2n) is 4.64. The summed E-state index contributed by atoms with van der Waals surface area (Å²) in [6.45, 7) is 3.81. The third-order valence-electron chi connectivity index (χ3n) is 3.25. The highest BCUT2D eigenvalue weighted by Gasteiger charge is 2.20. The molecule has 0 aliphatic carbocycles. The smallest absolute Gasteiger partial charge is 0.183 e. The maximum Gasteiger partial charge on any atom is 0.183 e. The fourth-order valence-corrected chi connectivity index (χ4v) is 1.80. The van der Waals surface area contributed by atoms with E-state index in [1.807, 2.05) is 44.2 Å². The van der Waals surface area contributed by atoms with Gasteiger partial charge in [-0.2, -0.15) is 9.78 Å². The summed E-state index contributed by atoms with van der Waals surface area (Å²) in [4.78, 5) is 0. The van der Waals surface area contributed by atoms with Gasteiger partial charge in [0, 0.05) is 14.2 Å². The number of hydrogen-bond donors (Lipinski definition) is 0. The molecule has 0 saturated carbocycles. The van der Waals surface area contributed by atoms with Gasteiger partial charge in [0.15, 0.2) is 11.6 Å². The van der Waals surface area contributed by atoms with Gasteiger partial charge in [0.2, 0.25) is 0 Å². The molecule has 0 saturated heterocycles. The molecule has 6 heteroatoms. The molecule has 0 fully saturated rings. The second-order valence-corrected chi connectivity index (χ2v) is 4.64. The van der Waals surface area contributed by atoms with Gasteiger partial charge in [-0.15, -0.1) is 10.2 Å². The van der Waals surface area contributed by atoms with E-state index in [2.05, 4.69) is 15.3 Å². The van der Waals surface area contributed by atoms with Crippen molar-refractivity contribution in [3.05, 3.63) is 47.5 Å². The van der Waals surface area contributed by atoms with Gasteiger partial charge in [0.05, 0.1) is 6.21 Å². The molecule has 1 aromatic heterocycles. The van der Waals surface area contributed by atoms with Gasteiger partial charge in [-0.25, -0.2) is 0 Å². The molecule has 21 heavy (non-hydrogen) atoms. The van der Waals surface area contributed by atoms with Gasteiger partial charge in [0.25, 0.3) is 0 Å². The largest absolute Gasteiger partial charge is 0.374 e. The molecule has 1 heterocycles. The topological polar surface area (TPSA) is 61.5 Å². The summed E-state index contributed by atoms with van der Waals surface area (Å²) in [6, 6.07) is 9.85. The molecule has 6 nitrogen and oxygen atoms in total. The predicted molar refractivity (Wildman–Crippen MR) is 80.3 cm³/mol.